The molecule has 3 rings (SSSR count). The second-order valence-corrected chi connectivity index (χ2v) is 7.40. The second-order valence-electron chi connectivity index (χ2n) is 6.49. The summed E-state index contributed by atoms with van der Waals surface area (Å²) in [6, 6.07) is 15.9. The Kier molecular flexibility index (Phi) is 5.28. The highest BCUT2D eigenvalue weighted by molar-refractivity contribution is 9.10. The minimum Gasteiger partial charge on any atom is -0.497 e. The maximum atomic E-state index is 13.0. The Morgan fingerprint density at radius 2 is 1.72 bits per heavy atom. The third-order valence-electron chi connectivity index (χ3n) is 4.97. The molecule has 1 aliphatic heterocycles. The fraction of sp³-hybridized carbons (Fsp3) is 0.286. The molecule has 0 unspecified atom stereocenters. The number of carbonyl (C=O) groups excluding carboxylic acids is 1. The highest BCUT2D eigenvalue weighted by atomic mass is 79.9. The molecule has 1 heterocycles. The number of anilines is 1. The molecule has 0 N–H and O–H groups in total. The molecule has 0 aliphatic carbocycles. The smallest absolute Gasteiger partial charge is 0.231 e. The Bertz CT molecular complexity index is 781. The molecule has 2 aromatic rings. The van der Waals surface area contributed by atoms with E-state index in [-0.39, 0.29) is 11.8 Å². The number of hydrogen-bond donors (Lipinski definition) is 0. The van der Waals surface area contributed by atoms with E-state index in [1.165, 1.54) is 11.1 Å². The van der Waals surface area contributed by atoms with Crippen molar-refractivity contribution in [2.45, 2.75) is 26.2 Å². The van der Waals surface area contributed by atoms with Crippen LogP contribution in [0.2, 0.25) is 0 Å². The average molecular weight is 400 g/mol. The van der Waals surface area contributed by atoms with Crippen LogP contribution in [0.25, 0.3) is 0 Å². The van der Waals surface area contributed by atoms with Crippen molar-refractivity contribution in [3.63, 3.8) is 0 Å². The Morgan fingerprint density at radius 1 is 1.08 bits per heavy atom. The van der Waals surface area contributed by atoms with Crippen LogP contribution in [-0.4, -0.2) is 13.0 Å². The first-order valence-electron chi connectivity index (χ1n) is 8.39. The van der Waals surface area contributed by atoms with Crippen molar-refractivity contribution in [1.82, 2.24) is 0 Å². The number of amides is 1. The van der Waals surface area contributed by atoms with Gasteiger partial charge < -0.3 is 4.74 Å². The van der Waals surface area contributed by atoms with Crippen molar-refractivity contribution >= 4 is 27.5 Å². The third kappa shape index (κ3) is 3.79. The lowest BCUT2D eigenvalue weighted by molar-refractivity contribution is -0.118. The third-order valence-corrected chi connectivity index (χ3v) is 5.50. The fourth-order valence-corrected chi connectivity index (χ4v) is 3.52. The Hall–Kier alpha value is -2.07. The maximum Gasteiger partial charge on any atom is 0.231 e. The molecule has 0 aromatic heterocycles. The molecule has 1 aliphatic rings. The lowest BCUT2D eigenvalue weighted by atomic mass is 9.81. The van der Waals surface area contributed by atoms with Gasteiger partial charge in [0.05, 0.1) is 7.11 Å². The van der Waals surface area contributed by atoms with Gasteiger partial charge in [-0.25, -0.2) is 0 Å². The largest absolute Gasteiger partial charge is 0.497 e. The molecule has 3 nitrogen and oxygen atoms in total. The molecule has 1 amide bonds. The highest BCUT2D eigenvalue weighted by Crippen LogP contribution is 2.37. The van der Waals surface area contributed by atoms with Gasteiger partial charge in [0.1, 0.15) is 5.75 Å². The number of carbonyl (C=O) groups is 1. The first kappa shape index (κ1) is 17.7. The van der Waals surface area contributed by atoms with E-state index in [2.05, 4.69) is 41.9 Å². The van der Waals surface area contributed by atoms with E-state index in [0.29, 0.717) is 12.3 Å². The normalized spacial score (nSPS) is 20.9. The minimum absolute atomic E-state index is 0.113. The van der Waals surface area contributed by atoms with Crippen molar-refractivity contribution in [2.24, 2.45) is 5.92 Å². The van der Waals surface area contributed by atoms with E-state index in [4.69, 9.17) is 4.74 Å². The van der Waals surface area contributed by atoms with Crippen molar-refractivity contribution in [2.75, 3.05) is 12.0 Å². The van der Waals surface area contributed by atoms with E-state index < -0.39 is 0 Å². The number of halogens is 1. The summed E-state index contributed by atoms with van der Waals surface area (Å²) < 4.78 is 6.26. The molecule has 4 heteroatoms. The predicted octanol–water partition coefficient (Wildman–Crippen LogP) is 5.52. The molecule has 0 bridgehead atoms. The van der Waals surface area contributed by atoms with E-state index in [1.54, 1.807) is 12.0 Å². The monoisotopic (exact) mass is 399 g/mol. The van der Waals surface area contributed by atoms with Gasteiger partial charge in [0.15, 0.2) is 0 Å². The minimum atomic E-state index is 0.113. The summed E-state index contributed by atoms with van der Waals surface area (Å²) >= 11 is 3.48. The highest BCUT2D eigenvalue weighted by Gasteiger charge is 2.30. The Labute approximate surface area is 157 Å². The second kappa shape index (κ2) is 7.44. The number of nitrogens with zero attached hydrogens (tertiary/aromatic N) is 1. The Morgan fingerprint density at radius 3 is 2.32 bits per heavy atom. The number of benzene rings is 2. The quantitative estimate of drug-likeness (QED) is 0.679. The summed E-state index contributed by atoms with van der Waals surface area (Å²) in [5.41, 5.74) is 3.27. The first-order valence-corrected chi connectivity index (χ1v) is 9.19. The van der Waals surface area contributed by atoms with Crippen LogP contribution in [0.15, 0.2) is 64.8 Å². The number of rotatable bonds is 3. The number of hydrogen-bond acceptors (Lipinski definition) is 2. The van der Waals surface area contributed by atoms with E-state index in [0.717, 1.165) is 15.9 Å². The van der Waals surface area contributed by atoms with E-state index >= 15 is 0 Å². The van der Waals surface area contributed by atoms with Gasteiger partial charge in [-0.05, 0) is 60.7 Å². The van der Waals surface area contributed by atoms with Crippen molar-refractivity contribution < 1.29 is 9.53 Å². The lowest BCUT2D eigenvalue weighted by Gasteiger charge is -2.22. The number of methoxy groups -OCH3 is 1. The van der Waals surface area contributed by atoms with Crippen LogP contribution in [0.5, 0.6) is 5.75 Å². The standard InChI is InChI=1S/C21H22BrNO2/c1-14-13-23(18-8-10-19(25-3)11-9-18)21(24)12-20(15(14)2)16-4-6-17(22)7-5-16/h4-11,13,15,20H,12H2,1-3H3/t15-,20-/m1/s1. The summed E-state index contributed by atoms with van der Waals surface area (Å²) in [4.78, 5) is 14.7. The van der Waals surface area contributed by atoms with Crippen LogP contribution in [0.3, 0.4) is 0 Å². The zero-order valence-electron chi connectivity index (χ0n) is 14.7. The van der Waals surface area contributed by atoms with Gasteiger partial charge in [-0.1, -0.05) is 40.6 Å². The zero-order chi connectivity index (χ0) is 18.0. The molecular weight excluding hydrogens is 378 g/mol. The Balaban J connectivity index is 1.92. The van der Waals surface area contributed by atoms with Crippen LogP contribution in [0.4, 0.5) is 5.69 Å². The number of ether oxygens (including phenoxy) is 1. The molecule has 0 saturated heterocycles. The van der Waals surface area contributed by atoms with Crippen LogP contribution in [-0.2, 0) is 4.79 Å². The van der Waals surface area contributed by atoms with Crippen LogP contribution >= 0.6 is 15.9 Å². The summed E-state index contributed by atoms with van der Waals surface area (Å²) in [6.45, 7) is 4.30. The molecule has 130 valence electrons. The van der Waals surface area contributed by atoms with E-state index in [1.807, 2.05) is 42.6 Å². The molecule has 0 spiro atoms. The maximum absolute atomic E-state index is 13.0. The fourth-order valence-electron chi connectivity index (χ4n) is 3.25. The molecule has 2 aromatic carbocycles. The molecule has 25 heavy (non-hydrogen) atoms. The van der Waals surface area contributed by atoms with E-state index in [9.17, 15) is 4.79 Å². The molecule has 0 fully saturated rings. The molecular formula is C21H22BrNO2. The molecule has 0 saturated carbocycles. The van der Waals surface area contributed by atoms with Gasteiger partial charge >= 0.3 is 0 Å². The summed E-state index contributed by atoms with van der Waals surface area (Å²) in [5.74, 6) is 1.38. The number of allylic oxidation sites excluding steroid dienone is 1. The lowest BCUT2D eigenvalue weighted by Crippen LogP contribution is -2.25. The SMILES string of the molecule is COc1ccc(N2C=C(C)[C@@H](C)[C@H](c3ccc(Br)cc3)CC2=O)cc1. The van der Waals surface area contributed by atoms with Gasteiger partial charge in [-0.3, -0.25) is 9.69 Å². The summed E-state index contributed by atoms with van der Waals surface area (Å²) in [7, 11) is 1.64. The molecule has 2 atom stereocenters. The van der Waals surface area contributed by atoms with Crippen LogP contribution in [0.1, 0.15) is 31.7 Å². The van der Waals surface area contributed by atoms with Gasteiger partial charge in [-0.2, -0.15) is 0 Å². The van der Waals surface area contributed by atoms with Crippen molar-refractivity contribution in [1.29, 1.82) is 0 Å². The van der Waals surface area contributed by atoms with Crippen molar-refractivity contribution in [3.8, 4) is 5.75 Å². The van der Waals surface area contributed by atoms with Gasteiger partial charge in [-0.15, -0.1) is 0 Å². The molecule has 0 radical (unpaired) electrons. The van der Waals surface area contributed by atoms with Crippen molar-refractivity contribution in [3.05, 3.63) is 70.3 Å². The average Bonchev–Trinajstić information content (AvgIpc) is 2.74. The zero-order valence-corrected chi connectivity index (χ0v) is 16.3. The van der Waals surface area contributed by atoms with Gasteiger partial charge in [0, 0.05) is 22.8 Å². The van der Waals surface area contributed by atoms with Crippen LogP contribution in [0, 0.1) is 5.92 Å². The first-order chi connectivity index (χ1) is 12.0. The summed E-state index contributed by atoms with van der Waals surface area (Å²) in [5, 5.41) is 0. The topological polar surface area (TPSA) is 29.5 Å². The van der Waals surface area contributed by atoms with Crippen LogP contribution < -0.4 is 9.64 Å². The van der Waals surface area contributed by atoms with Gasteiger partial charge in [0.25, 0.3) is 0 Å². The van der Waals surface area contributed by atoms with Gasteiger partial charge in [0.2, 0.25) is 5.91 Å². The predicted molar refractivity (Wildman–Crippen MR) is 105 cm³/mol. The summed E-state index contributed by atoms with van der Waals surface area (Å²) in [6.07, 6.45) is 2.47.